The minimum atomic E-state index is 0.970. The average Bonchev–Trinajstić information content (AvgIpc) is 2.54. The first-order valence-corrected chi connectivity index (χ1v) is 8.49. The fourth-order valence-corrected chi connectivity index (χ4v) is 2.55. The lowest BCUT2D eigenvalue weighted by molar-refractivity contribution is 0.243. The van der Waals surface area contributed by atoms with Gasteiger partial charge in [0.25, 0.3) is 0 Å². The first kappa shape index (κ1) is 18.1. The molecule has 0 aliphatic carbocycles. The largest absolute Gasteiger partial charge is 0.311 e. The van der Waals surface area contributed by atoms with Crippen molar-refractivity contribution in [1.82, 2.24) is 15.1 Å². The maximum atomic E-state index is 3.54. The van der Waals surface area contributed by atoms with Crippen molar-refractivity contribution in [2.75, 3.05) is 45.8 Å². The minimum Gasteiger partial charge on any atom is -0.311 e. The summed E-state index contributed by atoms with van der Waals surface area (Å²) < 4.78 is 0. The number of hydrogen-bond acceptors (Lipinski definition) is 3. The highest BCUT2D eigenvalue weighted by Gasteiger charge is 2.04. The molecule has 0 amide bonds. The molecule has 21 heavy (non-hydrogen) atoms. The molecule has 0 aliphatic heterocycles. The Balaban J connectivity index is 2.10. The van der Waals surface area contributed by atoms with Gasteiger partial charge in [0, 0.05) is 19.6 Å². The summed E-state index contributed by atoms with van der Waals surface area (Å²) in [4.78, 5) is 5.04. The van der Waals surface area contributed by atoms with Crippen molar-refractivity contribution in [2.24, 2.45) is 0 Å². The molecule has 0 aliphatic rings. The van der Waals surface area contributed by atoms with E-state index in [2.05, 4.69) is 66.2 Å². The van der Waals surface area contributed by atoms with E-state index >= 15 is 0 Å². The van der Waals surface area contributed by atoms with Gasteiger partial charge in [-0.25, -0.2) is 0 Å². The van der Waals surface area contributed by atoms with Gasteiger partial charge in [0.15, 0.2) is 0 Å². The van der Waals surface area contributed by atoms with Gasteiger partial charge in [-0.05, 0) is 44.7 Å². The SMILES string of the molecule is CCN(CC)CCCN(CC)CCNCc1ccccc1. The third-order valence-electron chi connectivity index (χ3n) is 4.07. The van der Waals surface area contributed by atoms with Crippen molar-refractivity contribution in [3.05, 3.63) is 35.9 Å². The Morgan fingerprint density at radius 3 is 2.05 bits per heavy atom. The summed E-state index contributed by atoms with van der Waals surface area (Å²) in [5, 5.41) is 3.54. The molecule has 0 aromatic heterocycles. The van der Waals surface area contributed by atoms with E-state index in [4.69, 9.17) is 0 Å². The Morgan fingerprint density at radius 1 is 0.810 bits per heavy atom. The van der Waals surface area contributed by atoms with Crippen LogP contribution >= 0.6 is 0 Å². The summed E-state index contributed by atoms with van der Waals surface area (Å²) in [6.07, 6.45) is 1.27. The van der Waals surface area contributed by atoms with Gasteiger partial charge in [-0.15, -0.1) is 0 Å². The molecular weight excluding hydrogens is 258 g/mol. The van der Waals surface area contributed by atoms with E-state index in [1.165, 1.54) is 38.2 Å². The lowest BCUT2D eigenvalue weighted by atomic mass is 10.2. The molecule has 0 saturated heterocycles. The predicted octanol–water partition coefficient (Wildman–Crippen LogP) is 2.83. The smallest absolute Gasteiger partial charge is 0.0206 e. The molecule has 1 N–H and O–H groups in total. The average molecular weight is 291 g/mol. The summed E-state index contributed by atoms with van der Waals surface area (Å²) in [6, 6.07) is 10.6. The van der Waals surface area contributed by atoms with E-state index in [9.17, 15) is 0 Å². The molecule has 1 aromatic rings. The molecule has 0 fully saturated rings. The fraction of sp³-hybridized carbons (Fsp3) is 0.667. The van der Waals surface area contributed by atoms with E-state index in [1.807, 2.05) is 0 Å². The molecule has 0 bridgehead atoms. The molecule has 120 valence electrons. The zero-order valence-electron chi connectivity index (χ0n) is 14.1. The maximum absolute atomic E-state index is 3.54. The van der Waals surface area contributed by atoms with Gasteiger partial charge in [-0.1, -0.05) is 51.1 Å². The predicted molar refractivity (Wildman–Crippen MR) is 92.7 cm³/mol. The Morgan fingerprint density at radius 2 is 1.43 bits per heavy atom. The highest BCUT2D eigenvalue weighted by Crippen LogP contribution is 1.98. The van der Waals surface area contributed by atoms with Crippen LogP contribution < -0.4 is 5.32 Å². The molecule has 0 atom stereocenters. The van der Waals surface area contributed by atoms with Crippen LogP contribution in [0.15, 0.2) is 30.3 Å². The van der Waals surface area contributed by atoms with E-state index in [0.29, 0.717) is 0 Å². The number of benzene rings is 1. The Kier molecular flexibility index (Phi) is 10.1. The quantitative estimate of drug-likeness (QED) is 0.597. The number of hydrogen-bond donors (Lipinski definition) is 1. The molecule has 1 rings (SSSR count). The second-order valence-corrected chi connectivity index (χ2v) is 5.48. The van der Waals surface area contributed by atoms with Crippen molar-refractivity contribution in [3.8, 4) is 0 Å². The van der Waals surface area contributed by atoms with Gasteiger partial charge in [0.2, 0.25) is 0 Å². The topological polar surface area (TPSA) is 18.5 Å². The Labute approximate surface area is 131 Å². The first-order chi connectivity index (χ1) is 10.3. The zero-order valence-corrected chi connectivity index (χ0v) is 14.1. The van der Waals surface area contributed by atoms with E-state index in [-0.39, 0.29) is 0 Å². The van der Waals surface area contributed by atoms with Crippen LogP contribution in [0.4, 0.5) is 0 Å². The fourth-order valence-electron chi connectivity index (χ4n) is 2.55. The van der Waals surface area contributed by atoms with Crippen molar-refractivity contribution >= 4 is 0 Å². The van der Waals surface area contributed by atoms with Crippen LogP contribution in [0.2, 0.25) is 0 Å². The number of rotatable bonds is 12. The molecule has 3 heteroatoms. The zero-order chi connectivity index (χ0) is 15.3. The maximum Gasteiger partial charge on any atom is 0.0206 e. The molecule has 0 unspecified atom stereocenters. The van der Waals surface area contributed by atoms with Gasteiger partial charge >= 0.3 is 0 Å². The molecule has 0 heterocycles. The molecule has 3 nitrogen and oxygen atoms in total. The highest BCUT2D eigenvalue weighted by atomic mass is 15.1. The molecule has 0 radical (unpaired) electrons. The van der Waals surface area contributed by atoms with Crippen LogP contribution in [-0.4, -0.2) is 55.6 Å². The van der Waals surface area contributed by atoms with Gasteiger partial charge < -0.3 is 15.1 Å². The van der Waals surface area contributed by atoms with Crippen LogP contribution in [0.25, 0.3) is 0 Å². The van der Waals surface area contributed by atoms with Crippen LogP contribution in [-0.2, 0) is 6.54 Å². The number of likely N-dealkylation sites (N-methyl/N-ethyl adjacent to an activating group) is 1. The molecule has 0 spiro atoms. The summed E-state index contributed by atoms with van der Waals surface area (Å²) in [5.41, 5.74) is 1.36. The van der Waals surface area contributed by atoms with Crippen molar-refractivity contribution in [1.29, 1.82) is 0 Å². The van der Waals surface area contributed by atoms with Gasteiger partial charge in [0.1, 0.15) is 0 Å². The summed E-state index contributed by atoms with van der Waals surface area (Å²) in [7, 11) is 0. The molecule has 1 aromatic carbocycles. The normalized spacial score (nSPS) is 11.5. The second-order valence-electron chi connectivity index (χ2n) is 5.48. The summed E-state index contributed by atoms with van der Waals surface area (Å²) >= 11 is 0. The molecule has 0 saturated carbocycles. The standard InChI is InChI=1S/C18H33N3/c1-4-20(5-2)14-10-15-21(6-3)16-13-19-17-18-11-8-7-9-12-18/h7-9,11-12,19H,4-6,10,13-17H2,1-3H3. The highest BCUT2D eigenvalue weighted by molar-refractivity contribution is 5.14. The van der Waals surface area contributed by atoms with Crippen LogP contribution in [0.5, 0.6) is 0 Å². The van der Waals surface area contributed by atoms with Gasteiger partial charge in [-0.2, -0.15) is 0 Å². The van der Waals surface area contributed by atoms with Crippen molar-refractivity contribution in [3.63, 3.8) is 0 Å². The summed E-state index contributed by atoms with van der Waals surface area (Å²) in [5.74, 6) is 0. The lowest BCUT2D eigenvalue weighted by Gasteiger charge is -2.23. The second kappa shape index (κ2) is 11.7. The minimum absolute atomic E-state index is 0.970. The van der Waals surface area contributed by atoms with Crippen LogP contribution in [0.3, 0.4) is 0 Å². The Hall–Kier alpha value is -0.900. The van der Waals surface area contributed by atoms with E-state index < -0.39 is 0 Å². The van der Waals surface area contributed by atoms with Crippen molar-refractivity contribution in [2.45, 2.75) is 33.7 Å². The molecular formula is C18H33N3. The third kappa shape index (κ3) is 8.20. The van der Waals surface area contributed by atoms with Crippen molar-refractivity contribution < 1.29 is 0 Å². The first-order valence-electron chi connectivity index (χ1n) is 8.49. The lowest BCUT2D eigenvalue weighted by Crippen LogP contribution is -2.34. The number of nitrogens with one attached hydrogen (secondary N) is 1. The number of nitrogens with zero attached hydrogens (tertiary/aromatic N) is 2. The van der Waals surface area contributed by atoms with Crippen LogP contribution in [0.1, 0.15) is 32.8 Å². The monoisotopic (exact) mass is 291 g/mol. The summed E-state index contributed by atoms with van der Waals surface area (Å²) in [6.45, 7) is 15.8. The third-order valence-corrected chi connectivity index (χ3v) is 4.07. The Bertz CT molecular complexity index is 336. The van der Waals surface area contributed by atoms with E-state index in [0.717, 1.165) is 26.2 Å². The van der Waals surface area contributed by atoms with Crippen LogP contribution in [0, 0.1) is 0 Å². The van der Waals surface area contributed by atoms with E-state index in [1.54, 1.807) is 0 Å². The van der Waals surface area contributed by atoms with Gasteiger partial charge in [0.05, 0.1) is 0 Å². The van der Waals surface area contributed by atoms with Gasteiger partial charge in [-0.3, -0.25) is 0 Å².